The molecule has 0 saturated heterocycles. The van der Waals surface area contributed by atoms with E-state index in [9.17, 15) is 4.39 Å². The van der Waals surface area contributed by atoms with Crippen LogP contribution in [0.2, 0.25) is 0 Å². The lowest BCUT2D eigenvalue weighted by Gasteiger charge is -1.97. The number of rotatable bonds is 5. The molecule has 20 heavy (non-hydrogen) atoms. The second kappa shape index (κ2) is 5.66. The molecule has 6 heteroatoms. The maximum atomic E-state index is 12.8. The third-order valence-electron chi connectivity index (χ3n) is 2.72. The molecule has 0 spiro atoms. The van der Waals surface area contributed by atoms with Crippen LogP contribution in [0.1, 0.15) is 11.6 Å². The number of halogens is 1. The van der Waals surface area contributed by atoms with E-state index in [1.807, 2.05) is 12.1 Å². The molecule has 0 fully saturated rings. The largest absolute Gasteiger partial charge is 0.468 e. The molecule has 0 amide bonds. The lowest BCUT2D eigenvalue weighted by Crippen LogP contribution is -2.13. The first kappa shape index (κ1) is 12.6. The highest BCUT2D eigenvalue weighted by molar-refractivity contribution is 5.52. The molecule has 2 aromatic heterocycles. The number of nitrogens with one attached hydrogen (secondary N) is 1. The van der Waals surface area contributed by atoms with E-state index < -0.39 is 0 Å². The van der Waals surface area contributed by atoms with Gasteiger partial charge in [0, 0.05) is 5.56 Å². The van der Waals surface area contributed by atoms with E-state index in [1.54, 1.807) is 18.4 Å². The highest BCUT2D eigenvalue weighted by Gasteiger charge is 2.08. The van der Waals surface area contributed by atoms with Gasteiger partial charge in [0.05, 0.1) is 19.4 Å². The Kier molecular flexibility index (Phi) is 3.56. The first-order valence-electron chi connectivity index (χ1n) is 6.13. The predicted molar refractivity (Wildman–Crippen MR) is 68.9 cm³/mol. The van der Waals surface area contributed by atoms with Gasteiger partial charge in [-0.15, -0.1) is 0 Å². The van der Waals surface area contributed by atoms with E-state index in [0.717, 1.165) is 5.76 Å². The SMILES string of the molecule is Fc1ccc(-c2nc(CNCc3ccco3)no2)cc1. The van der Waals surface area contributed by atoms with Crippen LogP contribution in [0, 0.1) is 5.82 Å². The summed E-state index contributed by atoms with van der Waals surface area (Å²) in [5.41, 5.74) is 0.691. The standard InChI is InChI=1S/C14H12FN3O2/c15-11-5-3-10(4-6-11)14-17-13(18-20-14)9-16-8-12-2-1-7-19-12/h1-7,16H,8-9H2. The van der Waals surface area contributed by atoms with Crippen LogP contribution in [-0.4, -0.2) is 10.1 Å². The van der Waals surface area contributed by atoms with Crippen molar-refractivity contribution in [2.75, 3.05) is 0 Å². The third kappa shape index (κ3) is 2.92. The van der Waals surface area contributed by atoms with Crippen LogP contribution in [0.5, 0.6) is 0 Å². The molecule has 0 saturated carbocycles. The van der Waals surface area contributed by atoms with Crippen molar-refractivity contribution in [2.24, 2.45) is 0 Å². The number of nitrogens with zero attached hydrogens (tertiary/aromatic N) is 2. The molecule has 0 unspecified atom stereocenters. The van der Waals surface area contributed by atoms with E-state index in [1.165, 1.54) is 12.1 Å². The molecule has 0 aliphatic rings. The molecule has 0 bridgehead atoms. The van der Waals surface area contributed by atoms with Crippen LogP contribution in [0.4, 0.5) is 4.39 Å². The van der Waals surface area contributed by atoms with Gasteiger partial charge in [-0.1, -0.05) is 5.16 Å². The Morgan fingerprint density at radius 2 is 1.95 bits per heavy atom. The van der Waals surface area contributed by atoms with Gasteiger partial charge in [-0.2, -0.15) is 4.98 Å². The average molecular weight is 273 g/mol. The van der Waals surface area contributed by atoms with Crippen molar-refractivity contribution in [3.63, 3.8) is 0 Å². The van der Waals surface area contributed by atoms with Gasteiger partial charge in [-0.05, 0) is 36.4 Å². The topological polar surface area (TPSA) is 64.1 Å². The van der Waals surface area contributed by atoms with Crippen molar-refractivity contribution >= 4 is 0 Å². The Morgan fingerprint density at radius 1 is 1.10 bits per heavy atom. The summed E-state index contributed by atoms with van der Waals surface area (Å²) in [6.45, 7) is 1.05. The Morgan fingerprint density at radius 3 is 2.70 bits per heavy atom. The Balaban J connectivity index is 1.60. The summed E-state index contributed by atoms with van der Waals surface area (Å²) in [5.74, 6) is 1.46. The van der Waals surface area contributed by atoms with Gasteiger partial charge >= 0.3 is 0 Å². The lowest BCUT2D eigenvalue weighted by molar-refractivity contribution is 0.416. The zero-order valence-corrected chi connectivity index (χ0v) is 10.5. The monoisotopic (exact) mass is 273 g/mol. The highest BCUT2D eigenvalue weighted by Crippen LogP contribution is 2.17. The van der Waals surface area contributed by atoms with E-state index >= 15 is 0 Å². The van der Waals surface area contributed by atoms with Crippen molar-refractivity contribution < 1.29 is 13.3 Å². The molecule has 1 N–H and O–H groups in total. The summed E-state index contributed by atoms with van der Waals surface area (Å²) in [6, 6.07) is 9.62. The minimum Gasteiger partial charge on any atom is -0.468 e. The summed E-state index contributed by atoms with van der Waals surface area (Å²) < 4.78 is 23.1. The molecule has 0 aliphatic heterocycles. The number of hydrogen-bond acceptors (Lipinski definition) is 5. The van der Waals surface area contributed by atoms with E-state index in [2.05, 4.69) is 15.5 Å². The average Bonchev–Trinajstić information content (AvgIpc) is 3.11. The fourth-order valence-corrected chi connectivity index (χ4v) is 1.75. The maximum absolute atomic E-state index is 12.8. The van der Waals surface area contributed by atoms with Gasteiger partial charge in [-0.25, -0.2) is 4.39 Å². The van der Waals surface area contributed by atoms with Crippen molar-refractivity contribution in [1.82, 2.24) is 15.5 Å². The first-order chi connectivity index (χ1) is 9.81. The molecular formula is C14H12FN3O2. The van der Waals surface area contributed by atoms with Crippen molar-refractivity contribution in [2.45, 2.75) is 13.1 Å². The summed E-state index contributed by atoms with van der Waals surface area (Å²) in [7, 11) is 0. The van der Waals surface area contributed by atoms with Crippen LogP contribution in [0.15, 0.2) is 51.6 Å². The molecule has 0 atom stereocenters. The van der Waals surface area contributed by atoms with Crippen LogP contribution in [0.25, 0.3) is 11.5 Å². The summed E-state index contributed by atoms with van der Waals surface area (Å²) in [6.07, 6.45) is 1.62. The molecule has 3 rings (SSSR count). The molecular weight excluding hydrogens is 261 g/mol. The second-order valence-corrected chi connectivity index (χ2v) is 4.21. The van der Waals surface area contributed by atoms with Crippen molar-refractivity contribution in [3.05, 3.63) is 60.1 Å². The highest BCUT2D eigenvalue weighted by atomic mass is 19.1. The molecule has 5 nitrogen and oxygen atoms in total. The zero-order valence-electron chi connectivity index (χ0n) is 10.5. The van der Waals surface area contributed by atoms with E-state index in [4.69, 9.17) is 8.94 Å². The van der Waals surface area contributed by atoms with Gasteiger partial charge in [0.2, 0.25) is 0 Å². The zero-order chi connectivity index (χ0) is 13.8. The van der Waals surface area contributed by atoms with Gasteiger partial charge in [0.25, 0.3) is 5.89 Å². The predicted octanol–water partition coefficient (Wildman–Crippen LogP) is 2.76. The smallest absolute Gasteiger partial charge is 0.257 e. The Hall–Kier alpha value is -2.47. The maximum Gasteiger partial charge on any atom is 0.257 e. The van der Waals surface area contributed by atoms with Crippen LogP contribution in [-0.2, 0) is 13.1 Å². The second-order valence-electron chi connectivity index (χ2n) is 4.21. The normalized spacial score (nSPS) is 10.8. The minimum atomic E-state index is -0.298. The van der Waals surface area contributed by atoms with Crippen LogP contribution < -0.4 is 5.32 Å². The van der Waals surface area contributed by atoms with Crippen LogP contribution >= 0.6 is 0 Å². The van der Waals surface area contributed by atoms with Gasteiger partial charge < -0.3 is 14.3 Å². The molecule has 1 aromatic carbocycles. The lowest BCUT2D eigenvalue weighted by atomic mass is 10.2. The summed E-state index contributed by atoms with van der Waals surface area (Å²) in [5, 5.41) is 7.00. The molecule has 0 radical (unpaired) electrons. The molecule has 102 valence electrons. The van der Waals surface area contributed by atoms with Gasteiger partial charge in [-0.3, -0.25) is 0 Å². The summed E-state index contributed by atoms with van der Waals surface area (Å²) >= 11 is 0. The minimum absolute atomic E-state index is 0.298. The number of hydrogen-bond donors (Lipinski definition) is 1. The fraction of sp³-hybridized carbons (Fsp3) is 0.143. The molecule has 2 heterocycles. The van der Waals surface area contributed by atoms with Crippen molar-refractivity contribution in [3.8, 4) is 11.5 Å². The van der Waals surface area contributed by atoms with Gasteiger partial charge in [0.15, 0.2) is 5.82 Å². The Labute approximate surface area is 114 Å². The third-order valence-corrected chi connectivity index (χ3v) is 2.72. The van der Waals surface area contributed by atoms with Crippen molar-refractivity contribution in [1.29, 1.82) is 0 Å². The van der Waals surface area contributed by atoms with Crippen LogP contribution in [0.3, 0.4) is 0 Å². The number of aromatic nitrogens is 2. The van der Waals surface area contributed by atoms with E-state index in [0.29, 0.717) is 30.4 Å². The fourth-order valence-electron chi connectivity index (χ4n) is 1.75. The van der Waals surface area contributed by atoms with E-state index in [-0.39, 0.29) is 5.82 Å². The first-order valence-corrected chi connectivity index (χ1v) is 6.13. The Bertz CT molecular complexity index is 662. The quantitative estimate of drug-likeness (QED) is 0.774. The molecule has 3 aromatic rings. The molecule has 0 aliphatic carbocycles. The van der Waals surface area contributed by atoms with Gasteiger partial charge in [0.1, 0.15) is 11.6 Å². The summed E-state index contributed by atoms with van der Waals surface area (Å²) in [4.78, 5) is 4.24. The number of benzene rings is 1. The number of furan rings is 1.